The molecule has 1 aliphatic rings. The van der Waals surface area contributed by atoms with Crippen LogP contribution in [0.25, 0.3) is 0 Å². The molecule has 74 valence electrons. The van der Waals surface area contributed by atoms with Gasteiger partial charge in [-0.2, -0.15) is 0 Å². The third kappa shape index (κ3) is 1.70. The van der Waals surface area contributed by atoms with Crippen LogP contribution in [0.1, 0.15) is 0 Å². The summed E-state index contributed by atoms with van der Waals surface area (Å²) >= 11 is 1.64. The van der Waals surface area contributed by atoms with Crippen molar-refractivity contribution in [2.24, 2.45) is 0 Å². The number of ether oxygens (including phenoxy) is 2. The molecule has 1 heterocycles. The smallest absolute Gasteiger partial charge is 0.187 e. The highest BCUT2D eigenvalue weighted by molar-refractivity contribution is 7.98. The third-order valence-corrected chi connectivity index (χ3v) is 2.71. The molecule has 0 aliphatic carbocycles. The fourth-order valence-corrected chi connectivity index (χ4v) is 1.69. The molecule has 2 rings (SSSR count). The van der Waals surface area contributed by atoms with Crippen LogP contribution in [0.15, 0.2) is 23.1 Å². The average Bonchev–Trinajstić information content (AvgIpc) is 2.27. The second-order valence-corrected chi connectivity index (χ2v) is 3.80. The molecule has 0 saturated heterocycles. The monoisotopic (exact) mass is 210 g/mol. The van der Waals surface area contributed by atoms with E-state index in [4.69, 9.17) is 9.47 Å². The van der Waals surface area contributed by atoms with Gasteiger partial charge in [0.15, 0.2) is 23.9 Å². The predicted molar refractivity (Wildman–Crippen MR) is 54.2 cm³/mol. The summed E-state index contributed by atoms with van der Waals surface area (Å²) in [5, 5.41) is 0. The normalized spacial score (nSPS) is 19.1. The van der Waals surface area contributed by atoms with E-state index in [9.17, 15) is 4.79 Å². The summed E-state index contributed by atoms with van der Waals surface area (Å²) in [5.74, 6) is 1.36. The lowest BCUT2D eigenvalue weighted by Crippen LogP contribution is -2.30. The molecule has 0 N–H and O–H groups in total. The van der Waals surface area contributed by atoms with Crippen LogP contribution in [0.5, 0.6) is 11.5 Å². The molecule has 4 heteroatoms. The highest BCUT2D eigenvalue weighted by atomic mass is 32.2. The number of carbonyl (C=O) groups is 1. The number of thioether (sulfide) groups is 1. The van der Waals surface area contributed by atoms with E-state index in [1.54, 1.807) is 11.8 Å². The molecule has 1 atom stereocenters. The quantitative estimate of drug-likeness (QED) is 0.550. The Morgan fingerprint density at radius 2 is 2.36 bits per heavy atom. The zero-order valence-electron chi connectivity index (χ0n) is 7.73. The van der Waals surface area contributed by atoms with Gasteiger partial charge in [-0.3, -0.25) is 4.79 Å². The minimum absolute atomic E-state index is 0.300. The molecular formula is C10H10O3S. The van der Waals surface area contributed by atoms with Gasteiger partial charge in [0, 0.05) is 4.90 Å². The lowest BCUT2D eigenvalue weighted by atomic mass is 10.3. The molecule has 0 spiro atoms. The van der Waals surface area contributed by atoms with Gasteiger partial charge < -0.3 is 9.47 Å². The second-order valence-electron chi connectivity index (χ2n) is 2.92. The van der Waals surface area contributed by atoms with E-state index < -0.39 is 6.10 Å². The fraction of sp³-hybridized carbons (Fsp3) is 0.300. The Morgan fingerprint density at radius 1 is 1.50 bits per heavy atom. The number of rotatable bonds is 2. The molecule has 0 bridgehead atoms. The van der Waals surface area contributed by atoms with Gasteiger partial charge in [-0.1, -0.05) is 0 Å². The first-order chi connectivity index (χ1) is 6.83. The standard InChI is InChI=1S/C10H10O3S/c1-14-8-2-3-9-10(4-8)12-6-7(5-11)13-9/h2-5,7H,6H2,1H3. The number of hydrogen-bond donors (Lipinski definition) is 0. The molecule has 0 saturated carbocycles. The van der Waals surface area contributed by atoms with Gasteiger partial charge in [0.1, 0.15) is 6.61 Å². The Labute approximate surface area is 86.4 Å². The summed E-state index contributed by atoms with van der Waals surface area (Å²) < 4.78 is 10.8. The summed E-state index contributed by atoms with van der Waals surface area (Å²) in [5.41, 5.74) is 0. The van der Waals surface area contributed by atoms with Gasteiger partial charge in [-0.05, 0) is 24.5 Å². The van der Waals surface area contributed by atoms with Crippen LogP contribution in [0.3, 0.4) is 0 Å². The van der Waals surface area contributed by atoms with Crippen molar-refractivity contribution in [3.63, 3.8) is 0 Å². The summed E-state index contributed by atoms with van der Waals surface area (Å²) in [7, 11) is 0. The number of aldehydes is 1. The van der Waals surface area contributed by atoms with Gasteiger partial charge in [-0.25, -0.2) is 0 Å². The fourth-order valence-electron chi connectivity index (χ4n) is 1.26. The number of fused-ring (bicyclic) bond motifs is 1. The summed E-state index contributed by atoms with van der Waals surface area (Å²) in [6, 6.07) is 5.69. The third-order valence-electron chi connectivity index (χ3n) is 1.98. The van der Waals surface area contributed by atoms with Crippen molar-refractivity contribution in [3.05, 3.63) is 18.2 Å². The molecule has 0 aromatic heterocycles. The zero-order valence-corrected chi connectivity index (χ0v) is 8.54. The maximum atomic E-state index is 10.5. The molecule has 0 amide bonds. The van der Waals surface area contributed by atoms with Crippen LogP contribution in [0, 0.1) is 0 Å². The lowest BCUT2D eigenvalue weighted by Gasteiger charge is -2.23. The van der Waals surface area contributed by atoms with Crippen LogP contribution < -0.4 is 9.47 Å². The van der Waals surface area contributed by atoms with Gasteiger partial charge >= 0.3 is 0 Å². The van der Waals surface area contributed by atoms with Crippen LogP contribution in [-0.4, -0.2) is 25.3 Å². The van der Waals surface area contributed by atoms with Gasteiger partial charge in [-0.15, -0.1) is 11.8 Å². The first-order valence-corrected chi connectivity index (χ1v) is 5.49. The number of carbonyl (C=O) groups excluding carboxylic acids is 1. The van der Waals surface area contributed by atoms with Crippen molar-refractivity contribution < 1.29 is 14.3 Å². The molecule has 0 fully saturated rings. The SMILES string of the molecule is CSc1ccc2c(c1)OCC(C=O)O2. The molecule has 1 aliphatic heterocycles. The second kappa shape index (κ2) is 3.92. The minimum Gasteiger partial charge on any atom is -0.485 e. The van der Waals surface area contributed by atoms with E-state index in [-0.39, 0.29) is 0 Å². The molecule has 3 nitrogen and oxygen atoms in total. The van der Waals surface area contributed by atoms with E-state index >= 15 is 0 Å². The van der Waals surface area contributed by atoms with Crippen LogP contribution in [-0.2, 0) is 4.79 Å². The molecule has 0 radical (unpaired) electrons. The van der Waals surface area contributed by atoms with Crippen LogP contribution >= 0.6 is 11.8 Å². The Bertz CT molecular complexity index is 351. The Kier molecular flexibility index (Phi) is 2.63. The van der Waals surface area contributed by atoms with E-state index in [1.807, 2.05) is 24.5 Å². The molecule has 1 unspecified atom stereocenters. The first kappa shape index (κ1) is 9.40. The van der Waals surface area contributed by atoms with Gasteiger partial charge in [0.25, 0.3) is 0 Å². The largest absolute Gasteiger partial charge is 0.485 e. The van der Waals surface area contributed by atoms with Crippen molar-refractivity contribution in [1.82, 2.24) is 0 Å². The molecule has 1 aromatic rings. The maximum absolute atomic E-state index is 10.5. The van der Waals surface area contributed by atoms with Crippen LogP contribution in [0.4, 0.5) is 0 Å². The highest BCUT2D eigenvalue weighted by Gasteiger charge is 2.20. The zero-order chi connectivity index (χ0) is 9.97. The van der Waals surface area contributed by atoms with Crippen molar-refractivity contribution in [2.75, 3.05) is 12.9 Å². The minimum atomic E-state index is -0.470. The Balaban J connectivity index is 2.27. The molecule has 14 heavy (non-hydrogen) atoms. The van der Waals surface area contributed by atoms with Crippen molar-refractivity contribution in [3.8, 4) is 11.5 Å². The Morgan fingerprint density at radius 3 is 3.07 bits per heavy atom. The van der Waals surface area contributed by atoms with Crippen molar-refractivity contribution in [1.29, 1.82) is 0 Å². The Hall–Kier alpha value is -1.16. The lowest BCUT2D eigenvalue weighted by molar-refractivity contribution is -0.115. The highest BCUT2D eigenvalue weighted by Crippen LogP contribution is 2.34. The van der Waals surface area contributed by atoms with Crippen molar-refractivity contribution in [2.45, 2.75) is 11.0 Å². The van der Waals surface area contributed by atoms with Gasteiger partial charge in [0.2, 0.25) is 0 Å². The first-order valence-electron chi connectivity index (χ1n) is 4.26. The molecule has 1 aromatic carbocycles. The molecular weight excluding hydrogens is 200 g/mol. The summed E-state index contributed by atoms with van der Waals surface area (Å²) in [6.07, 6.45) is 2.29. The topological polar surface area (TPSA) is 35.5 Å². The van der Waals surface area contributed by atoms with E-state index in [2.05, 4.69) is 0 Å². The van der Waals surface area contributed by atoms with Crippen LogP contribution in [0.2, 0.25) is 0 Å². The van der Waals surface area contributed by atoms with E-state index in [0.717, 1.165) is 16.9 Å². The average molecular weight is 210 g/mol. The van der Waals surface area contributed by atoms with Crippen molar-refractivity contribution >= 4 is 18.0 Å². The maximum Gasteiger partial charge on any atom is 0.187 e. The summed E-state index contributed by atoms with van der Waals surface area (Å²) in [6.45, 7) is 0.300. The number of hydrogen-bond acceptors (Lipinski definition) is 4. The summed E-state index contributed by atoms with van der Waals surface area (Å²) in [4.78, 5) is 11.6. The van der Waals surface area contributed by atoms with E-state index in [1.165, 1.54) is 0 Å². The number of benzene rings is 1. The van der Waals surface area contributed by atoms with Gasteiger partial charge in [0.05, 0.1) is 0 Å². The predicted octanol–water partition coefficient (Wildman–Crippen LogP) is 1.75. The van der Waals surface area contributed by atoms with E-state index in [0.29, 0.717) is 12.4 Å².